The van der Waals surface area contributed by atoms with Crippen LogP contribution < -0.4 is 5.32 Å². The zero-order chi connectivity index (χ0) is 14.1. The molecule has 0 fully saturated rings. The van der Waals surface area contributed by atoms with Gasteiger partial charge in [0, 0.05) is 23.2 Å². The molecule has 1 aromatic heterocycles. The zero-order valence-electron chi connectivity index (χ0n) is 10.3. The molecule has 0 aliphatic heterocycles. The quantitative estimate of drug-likeness (QED) is 0.734. The van der Waals surface area contributed by atoms with Gasteiger partial charge in [-0.05, 0) is 30.3 Å². The van der Waals surface area contributed by atoms with Crippen molar-refractivity contribution in [2.45, 2.75) is 0 Å². The van der Waals surface area contributed by atoms with Gasteiger partial charge in [-0.2, -0.15) is 0 Å². The summed E-state index contributed by atoms with van der Waals surface area (Å²) in [6, 6.07) is 10.0. The molecular weight excluding hydrogens is 262 g/mol. The number of anilines is 1. The molecule has 20 heavy (non-hydrogen) atoms. The van der Waals surface area contributed by atoms with Gasteiger partial charge in [0.05, 0.1) is 11.3 Å². The SMILES string of the molecule is O=C(Nc1cccc2[nH]ccc12)c1ccc(F)cc1F. The average molecular weight is 272 g/mol. The lowest BCUT2D eigenvalue weighted by Crippen LogP contribution is -2.14. The lowest BCUT2D eigenvalue weighted by molar-refractivity contribution is 0.102. The molecule has 0 bridgehead atoms. The van der Waals surface area contributed by atoms with Crippen molar-refractivity contribution in [1.82, 2.24) is 4.98 Å². The van der Waals surface area contributed by atoms with Crippen molar-refractivity contribution in [2.24, 2.45) is 0 Å². The van der Waals surface area contributed by atoms with Crippen molar-refractivity contribution in [1.29, 1.82) is 0 Å². The number of benzene rings is 2. The average Bonchev–Trinajstić information content (AvgIpc) is 2.87. The molecule has 3 aromatic rings. The van der Waals surface area contributed by atoms with Crippen molar-refractivity contribution in [3.8, 4) is 0 Å². The molecule has 3 rings (SSSR count). The number of nitrogens with one attached hydrogen (secondary N) is 2. The van der Waals surface area contributed by atoms with Gasteiger partial charge in [0.15, 0.2) is 0 Å². The van der Waals surface area contributed by atoms with Crippen LogP contribution in [0.4, 0.5) is 14.5 Å². The Balaban J connectivity index is 1.94. The topological polar surface area (TPSA) is 44.9 Å². The molecule has 5 heteroatoms. The molecule has 0 saturated heterocycles. The number of H-pyrrole nitrogens is 1. The third-order valence-electron chi connectivity index (χ3n) is 3.02. The Bertz CT molecular complexity index is 795. The number of hydrogen-bond donors (Lipinski definition) is 2. The summed E-state index contributed by atoms with van der Waals surface area (Å²) in [4.78, 5) is 15.0. The summed E-state index contributed by atoms with van der Waals surface area (Å²) in [7, 11) is 0. The maximum atomic E-state index is 13.6. The van der Waals surface area contributed by atoms with Crippen LogP contribution in [0.25, 0.3) is 10.9 Å². The molecule has 1 amide bonds. The zero-order valence-corrected chi connectivity index (χ0v) is 10.3. The van der Waals surface area contributed by atoms with Crippen LogP contribution in [-0.2, 0) is 0 Å². The monoisotopic (exact) mass is 272 g/mol. The summed E-state index contributed by atoms with van der Waals surface area (Å²) in [5.41, 5.74) is 1.23. The number of aromatic amines is 1. The highest BCUT2D eigenvalue weighted by molar-refractivity contribution is 6.08. The highest BCUT2D eigenvalue weighted by Crippen LogP contribution is 2.23. The molecule has 0 radical (unpaired) electrons. The first-order chi connectivity index (χ1) is 9.65. The van der Waals surface area contributed by atoms with Crippen LogP contribution in [0.3, 0.4) is 0 Å². The Morgan fingerprint density at radius 2 is 1.95 bits per heavy atom. The van der Waals surface area contributed by atoms with E-state index in [-0.39, 0.29) is 5.56 Å². The van der Waals surface area contributed by atoms with Gasteiger partial charge in [0.25, 0.3) is 5.91 Å². The van der Waals surface area contributed by atoms with Crippen LogP contribution in [-0.4, -0.2) is 10.9 Å². The Morgan fingerprint density at radius 1 is 1.10 bits per heavy atom. The highest BCUT2D eigenvalue weighted by Gasteiger charge is 2.13. The van der Waals surface area contributed by atoms with E-state index < -0.39 is 17.5 Å². The van der Waals surface area contributed by atoms with Crippen LogP contribution in [0, 0.1) is 11.6 Å². The number of rotatable bonds is 2. The Morgan fingerprint density at radius 3 is 2.75 bits per heavy atom. The summed E-state index contributed by atoms with van der Waals surface area (Å²) in [5, 5.41) is 3.45. The van der Waals surface area contributed by atoms with Gasteiger partial charge in [-0.1, -0.05) is 6.07 Å². The fourth-order valence-corrected chi connectivity index (χ4v) is 2.06. The predicted octanol–water partition coefficient (Wildman–Crippen LogP) is 3.70. The van der Waals surface area contributed by atoms with E-state index in [2.05, 4.69) is 10.3 Å². The van der Waals surface area contributed by atoms with Gasteiger partial charge in [0.2, 0.25) is 0 Å². The first-order valence-electron chi connectivity index (χ1n) is 5.97. The number of carbonyl (C=O) groups excluding carboxylic acids is 1. The standard InChI is InChI=1S/C15H10F2N2O/c16-9-4-5-10(12(17)8-9)15(20)19-14-3-1-2-13-11(14)6-7-18-13/h1-8,18H,(H,19,20). The molecule has 0 atom stereocenters. The first kappa shape index (κ1) is 12.3. The molecule has 0 aliphatic carbocycles. The van der Waals surface area contributed by atoms with Crippen LogP contribution in [0.2, 0.25) is 0 Å². The van der Waals surface area contributed by atoms with E-state index in [9.17, 15) is 13.6 Å². The van der Waals surface area contributed by atoms with E-state index in [0.29, 0.717) is 11.8 Å². The van der Waals surface area contributed by atoms with Crippen LogP contribution in [0.1, 0.15) is 10.4 Å². The second-order valence-electron chi connectivity index (χ2n) is 4.32. The third-order valence-corrected chi connectivity index (χ3v) is 3.02. The van der Waals surface area contributed by atoms with E-state index in [1.165, 1.54) is 0 Å². The van der Waals surface area contributed by atoms with Gasteiger partial charge in [-0.25, -0.2) is 8.78 Å². The van der Waals surface area contributed by atoms with Crippen LogP contribution in [0.15, 0.2) is 48.7 Å². The molecule has 1 heterocycles. The predicted molar refractivity (Wildman–Crippen MR) is 72.6 cm³/mol. The molecule has 0 unspecified atom stereocenters. The van der Waals surface area contributed by atoms with E-state index in [1.807, 2.05) is 12.1 Å². The summed E-state index contributed by atoms with van der Waals surface area (Å²) in [6.45, 7) is 0. The Labute approximate surface area is 113 Å². The highest BCUT2D eigenvalue weighted by atomic mass is 19.1. The minimum Gasteiger partial charge on any atom is -0.361 e. The van der Waals surface area contributed by atoms with Crippen molar-refractivity contribution < 1.29 is 13.6 Å². The normalized spacial score (nSPS) is 10.7. The minimum atomic E-state index is -0.885. The molecular formula is C15H10F2N2O. The number of fused-ring (bicyclic) bond motifs is 1. The van der Waals surface area contributed by atoms with Crippen LogP contribution >= 0.6 is 0 Å². The molecule has 2 N–H and O–H groups in total. The molecule has 3 nitrogen and oxygen atoms in total. The summed E-state index contributed by atoms with van der Waals surface area (Å²) >= 11 is 0. The first-order valence-corrected chi connectivity index (χ1v) is 5.97. The number of hydrogen-bond acceptors (Lipinski definition) is 1. The number of amides is 1. The number of halogens is 2. The minimum absolute atomic E-state index is 0.195. The van der Waals surface area contributed by atoms with Gasteiger partial charge >= 0.3 is 0 Å². The largest absolute Gasteiger partial charge is 0.361 e. The van der Waals surface area contributed by atoms with Crippen molar-refractivity contribution in [3.63, 3.8) is 0 Å². The van der Waals surface area contributed by atoms with E-state index in [0.717, 1.165) is 23.0 Å². The maximum absolute atomic E-state index is 13.6. The number of aromatic nitrogens is 1. The van der Waals surface area contributed by atoms with E-state index in [1.54, 1.807) is 18.3 Å². The Kier molecular flexibility index (Phi) is 2.95. The molecule has 0 spiro atoms. The summed E-state index contributed by atoms with van der Waals surface area (Å²) < 4.78 is 26.4. The van der Waals surface area contributed by atoms with Crippen molar-refractivity contribution >= 4 is 22.5 Å². The van der Waals surface area contributed by atoms with Crippen molar-refractivity contribution in [2.75, 3.05) is 5.32 Å². The third kappa shape index (κ3) is 2.14. The van der Waals surface area contributed by atoms with E-state index >= 15 is 0 Å². The molecule has 100 valence electrons. The second-order valence-corrected chi connectivity index (χ2v) is 4.32. The lowest BCUT2D eigenvalue weighted by Gasteiger charge is -2.07. The van der Waals surface area contributed by atoms with Crippen molar-refractivity contribution in [3.05, 3.63) is 65.9 Å². The fraction of sp³-hybridized carbons (Fsp3) is 0. The summed E-state index contributed by atoms with van der Waals surface area (Å²) in [6.07, 6.45) is 1.75. The number of carbonyl (C=O) groups is 1. The fourth-order valence-electron chi connectivity index (χ4n) is 2.06. The molecule has 0 aliphatic rings. The van der Waals surface area contributed by atoms with Gasteiger partial charge in [0.1, 0.15) is 11.6 Å². The second kappa shape index (κ2) is 4.77. The summed E-state index contributed by atoms with van der Waals surface area (Å²) in [5.74, 6) is -2.22. The van der Waals surface area contributed by atoms with E-state index in [4.69, 9.17) is 0 Å². The van der Waals surface area contributed by atoms with Crippen LogP contribution in [0.5, 0.6) is 0 Å². The molecule has 0 saturated carbocycles. The van der Waals surface area contributed by atoms with Gasteiger partial charge in [-0.15, -0.1) is 0 Å². The Hall–Kier alpha value is -2.69. The lowest BCUT2D eigenvalue weighted by atomic mass is 10.1. The van der Waals surface area contributed by atoms with Gasteiger partial charge < -0.3 is 10.3 Å². The molecule has 2 aromatic carbocycles. The maximum Gasteiger partial charge on any atom is 0.258 e. The van der Waals surface area contributed by atoms with Gasteiger partial charge in [-0.3, -0.25) is 4.79 Å². The smallest absolute Gasteiger partial charge is 0.258 e.